The van der Waals surface area contributed by atoms with Crippen molar-refractivity contribution in [1.82, 2.24) is 4.98 Å². The number of fused-ring (bicyclic) bond motifs is 1. The van der Waals surface area contributed by atoms with E-state index in [0.717, 1.165) is 28.6 Å². The van der Waals surface area contributed by atoms with E-state index < -0.39 is 0 Å². The zero-order valence-corrected chi connectivity index (χ0v) is 12.2. The molecule has 5 heteroatoms. The summed E-state index contributed by atoms with van der Waals surface area (Å²) >= 11 is 0. The van der Waals surface area contributed by atoms with Crippen LogP contribution >= 0.6 is 0 Å². The van der Waals surface area contributed by atoms with Crippen LogP contribution in [0, 0.1) is 0 Å². The monoisotopic (exact) mass is 275 g/mol. The summed E-state index contributed by atoms with van der Waals surface area (Å²) in [5.41, 5.74) is 4.56. The van der Waals surface area contributed by atoms with E-state index in [4.69, 9.17) is 15.3 Å². The van der Waals surface area contributed by atoms with Crippen LogP contribution in [-0.2, 0) is 6.42 Å². The Hall–Kier alpha value is -2.01. The zero-order valence-electron chi connectivity index (χ0n) is 12.2. The lowest BCUT2D eigenvalue weighted by atomic mass is 10.1. The number of hydrogen-bond donors (Lipinski definition) is 2. The van der Waals surface area contributed by atoms with Crippen molar-refractivity contribution in [2.75, 3.05) is 18.6 Å². The molecule has 2 rings (SSSR count). The van der Waals surface area contributed by atoms with Gasteiger partial charge in [-0.15, -0.1) is 0 Å². The molecule has 0 amide bonds. The van der Waals surface area contributed by atoms with Crippen molar-refractivity contribution < 1.29 is 9.47 Å². The zero-order chi connectivity index (χ0) is 14.5. The summed E-state index contributed by atoms with van der Waals surface area (Å²) in [4.78, 5) is 4.54. The van der Waals surface area contributed by atoms with Gasteiger partial charge in [0.15, 0.2) is 11.5 Å². The van der Waals surface area contributed by atoms with Crippen molar-refractivity contribution in [2.24, 2.45) is 5.84 Å². The molecule has 0 aliphatic carbocycles. The molecule has 0 bridgehead atoms. The summed E-state index contributed by atoms with van der Waals surface area (Å²) in [5.74, 6) is 7.68. The Bertz CT molecular complexity index is 547. The lowest BCUT2D eigenvalue weighted by Gasteiger charge is -2.14. The molecule has 0 aliphatic rings. The van der Waals surface area contributed by atoms with Crippen LogP contribution in [0.4, 0.5) is 5.82 Å². The second-order valence-corrected chi connectivity index (χ2v) is 4.35. The molecule has 1 aromatic heterocycles. The maximum absolute atomic E-state index is 5.63. The number of nitrogens with two attached hydrogens (primary N) is 1. The largest absolute Gasteiger partial charge is 0.490 e. The number of aryl methyl sites for hydroxylation is 1. The van der Waals surface area contributed by atoms with Crippen LogP contribution in [-0.4, -0.2) is 18.2 Å². The lowest BCUT2D eigenvalue weighted by Crippen LogP contribution is -2.11. The molecule has 1 aromatic carbocycles. The third kappa shape index (κ3) is 2.77. The van der Waals surface area contributed by atoms with Crippen molar-refractivity contribution >= 4 is 16.7 Å². The van der Waals surface area contributed by atoms with Crippen LogP contribution in [0.1, 0.15) is 26.3 Å². The number of rotatable bonds is 6. The third-order valence-corrected chi connectivity index (χ3v) is 3.08. The fourth-order valence-corrected chi connectivity index (χ4v) is 2.16. The molecule has 0 unspecified atom stereocenters. The maximum atomic E-state index is 5.63. The average Bonchev–Trinajstić information content (AvgIpc) is 2.47. The van der Waals surface area contributed by atoms with Crippen molar-refractivity contribution in [3.63, 3.8) is 0 Å². The van der Waals surface area contributed by atoms with Gasteiger partial charge in [0.25, 0.3) is 0 Å². The van der Waals surface area contributed by atoms with E-state index in [0.29, 0.717) is 24.8 Å². The summed E-state index contributed by atoms with van der Waals surface area (Å²) in [6.45, 7) is 7.15. The Kier molecular flexibility index (Phi) is 4.63. The molecule has 3 N–H and O–H groups in total. The highest BCUT2D eigenvalue weighted by molar-refractivity contribution is 5.85. The summed E-state index contributed by atoms with van der Waals surface area (Å²) in [6.07, 6.45) is 0.861. The number of hydrogen-bond acceptors (Lipinski definition) is 5. The standard InChI is InChI=1S/C15H21N3O2/c1-4-10-7-11-8-13(19-5-2)14(20-6-3)9-12(11)17-15(10)18-16/h7-9H,4-6,16H2,1-3H3,(H,17,18). The number of pyridine rings is 1. The SMILES string of the molecule is CCOc1cc2cc(CC)c(NN)nc2cc1OCC. The van der Waals surface area contributed by atoms with Gasteiger partial charge in [0.05, 0.1) is 18.7 Å². The highest BCUT2D eigenvalue weighted by Gasteiger charge is 2.11. The van der Waals surface area contributed by atoms with Gasteiger partial charge < -0.3 is 14.9 Å². The van der Waals surface area contributed by atoms with Crippen molar-refractivity contribution in [2.45, 2.75) is 27.2 Å². The van der Waals surface area contributed by atoms with Crippen LogP contribution in [0.2, 0.25) is 0 Å². The molecule has 5 nitrogen and oxygen atoms in total. The fourth-order valence-electron chi connectivity index (χ4n) is 2.16. The van der Waals surface area contributed by atoms with E-state index in [9.17, 15) is 0 Å². The number of benzene rings is 1. The first-order chi connectivity index (χ1) is 9.73. The topological polar surface area (TPSA) is 69.4 Å². The first-order valence-electron chi connectivity index (χ1n) is 6.93. The molecule has 1 heterocycles. The normalized spacial score (nSPS) is 10.6. The number of hydrazine groups is 1. The molecule has 2 aromatic rings. The number of nitrogens with one attached hydrogen (secondary N) is 1. The van der Waals surface area contributed by atoms with E-state index in [-0.39, 0.29) is 0 Å². The van der Waals surface area contributed by atoms with Gasteiger partial charge >= 0.3 is 0 Å². The minimum atomic E-state index is 0.584. The van der Waals surface area contributed by atoms with Gasteiger partial charge in [-0.1, -0.05) is 6.92 Å². The lowest BCUT2D eigenvalue weighted by molar-refractivity contribution is 0.288. The molecule has 0 fully saturated rings. The molecule has 108 valence electrons. The Balaban J connectivity index is 2.60. The molecule has 0 saturated heterocycles. The molecule has 0 radical (unpaired) electrons. The predicted molar refractivity (Wildman–Crippen MR) is 81.3 cm³/mol. The van der Waals surface area contributed by atoms with E-state index in [1.807, 2.05) is 26.0 Å². The van der Waals surface area contributed by atoms with Crippen LogP contribution < -0.4 is 20.7 Å². The minimum absolute atomic E-state index is 0.584. The Morgan fingerprint density at radius 2 is 1.70 bits per heavy atom. The smallest absolute Gasteiger partial charge is 0.163 e. The van der Waals surface area contributed by atoms with Gasteiger partial charge in [0.1, 0.15) is 5.82 Å². The molecule has 0 aliphatic heterocycles. The van der Waals surface area contributed by atoms with Crippen molar-refractivity contribution in [3.05, 3.63) is 23.8 Å². The van der Waals surface area contributed by atoms with E-state index in [1.54, 1.807) is 0 Å². The molecule has 20 heavy (non-hydrogen) atoms. The maximum Gasteiger partial charge on any atom is 0.163 e. The Labute approximate surface area is 119 Å². The van der Waals surface area contributed by atoms with Crippen LogP contribution in [0.25, 0.3) is 10.9 Å². The predicted octanol–water partition coefficient (Wildman–Crippen LogP) is 2.88. The molecule has 0 atom stereocenters. The summed E-state index contributed by atoms with van der Waals surface area (Å²) in [5, 5.41) is 1.02. The van der Waals surface area contributed by atoms with Crippen LogP contribution in [0.3, 0.4) is 0 Å². The highest BCUT2D eigenvalue weighted by Crippen LogP contribution is 2.33. The Morgan fingerprint density at radius 1 is 1.05 bits per heavy atom. The van der Waals surface area contributed by atoms with Gasteiger partial charge in [-0.2, -0.15) is 0 Å². The van der Waals surface area contributed by atoms with Gasteiger partial charge in [-0.05, 0) is 38.0 Å². The second-order valence-electron chi connectivity index (χ2n) is 4.35. The molecular formula is C15H21N3O2. The summed E-state index contributed by atoms with van der Waals surface area (Å²) in [7, 11) is 0. The highest BCUT2D eigenvalue weighted by atomic mass is 16.5. The summed E-state index contributed by atoms with van der Waals surface area (Å²) in [6, 6.07) is 5.94. The Morgan fingerprint density at radius 3 is 2.25 bits per heavy atom. The number of ether oxygens (including phenoxy) is 2. The van der Waals surface area contributed by atoms with E-state index in [1.165, 1.54) is 0 Å². The van der Waals surface area contributed by atoms with Crippen molar-refractivity contribution in [1.29, 1.82) is 0 Å². The van der Waals surface area contributed by atoms with Crippen LogP contribution in [0.5, 0.6) is 11.5 Å². The molecular weight excluding hydrogens is 254 g/mol. The minimum Gasteiger partial charge on any atom is -0.490 e. The number of nitrogen functional groups attached to an aromatic ring is 1. The number of aromatic nitrogens is 1. The summed E-state index contributed by atoms with van der Waals surface area (Å²) < 4.78 is 11.2. The number of anilines is 1. The van der Waals surface area contributed by atoms with Gasteiger partial charge in [-0.25, -0.2) is 10.8 Å². The van der Waals surface area contributed by atoms with Crippen molar-refractivity contribution in [3.8, 4) is 11.5 Å². The number of nitrogens with zero attached hydrogens (tertiary/aromatic N) is 1. The quantitative estimate of drug-likeness (QED) is 0.626. The fraction of sp³-hybridized carbons (Fsp3) is 0.400. The van der Waals surface area contributed by atoms with Gasteiger partial charge in [0, 0.05) is 11.5 Å². The van der Waals surface area contributed by atoms with E-state index >= 15 is 0 Å². The third-order valence-electron chi connectivity index (χ3n) is 3.08. The van der Waals surface area contributed by atoms with Crippen LogP contribution in [0.15, 0.2) is 18.2 Å². The average molecular weight is 275 g/mol. The van der Waals surface area contributed by atoms with E-state index in [2.05, 4.69) is 23.4 Å². The second kappa shape index (κ2) is 6.43. The van der Waals surface area contributed by atoms with Gasteiger partial charge in [0.2, 0.25) is 0 Å². The first kappa shape index (κ1) is 14.4. The molecule has 0 saturated carbocycles. The van der Waals surface area contributed by atoms with Gasteiger partial charge in [-0.3, -0.25) is 0 Å². The first-order valence-corrected chi connectivity index (χ1v) is 6.93. The molecule has 0 spiro atoms.